The topological polar surface area (TPSA) is 59.1 Å². The molecule has 28 heavy (non-hydrogen) atoms. The van der Waals surface area contributed by atoms with Crippen molar-refractivity contribution in [1.82, 2.24) is 15.3 Å². The monoisotopic (exact) mass is 394 g/mol. The van der Waals surface area contributed by atoms with Crippen molar-refractivity contribution in [1.29, 1.82) is 0 Å². The average molecular weight is 395 g/mol. The molecular formula is C22H23ClN4O. The Hall–Kier alpha value is -2.63. The number of hydrogen-bond acceptors (Lipinski definition) is 5. The molecule has 0 unspecified atom stereocenters. The molecule has 3 aromatic rings. The third kappa shape index (κ3) is 4.26. The first kappa shape index (κ1) is 18.7. The number of fused-ring (bicyclic) bond motifs is 1. The molecule has 4 rings (SSSR count). The summed E-state index contributed by atoms with van der Waals surface area (Å²) in [6, 6.07) is 18.2. The number of halogens is 1. The molecule has 1 aromatic carbocycles. The maximum Gasteiger partial charge on any atom is 0.237 e. The Morgan fingerprint density at radius 1 is 1.11 bits per heavy atom. The van der Waals surface area contributed by atoms with Crippen LogP contribution >= 0.6 is 11.6 Å². The van der Waals surface area contributed by atoms with Crippen LogP contribution in [0.4, 0.5) is 5.69 Å². The molecule has 2 N–H and O–H groups in total. The van der Waals surface area contributed by atoms with Crippen molar-refractivity contribution in [2.45, 2.75) is 25.0 Å². The van der Waals surface area contributed by atoms with Gasteiger partial charge in [0.2, 0.25) is 5.88 Å². The smallest absolute Gasteiger partial charge is 0.237 e. The molecule has 6 heteroatoms. The van der Waals surface area contributed by atoms with Gasteiger partial charge in [-0.05, 0) is 35.2 Å². The molecule has 0 fully saturated rings. The normalized spacial score (nSPS) is 17.7. The van der Waals surface area contributed by atoms with Crippen LogP contribution in [0, 0.1) is 0 Å². The first-order chi connectivity index (χ1) is 13.7. The van der Waals surface area contributed by atoms with Gasteiger partial charge >= 0.3 is 0 Å². The average Bonchev–Trinajstić information content (AvgIpc) is 2.75. The summed E-state index contributed by atoms with van der Waals surface area (Å²) in [5.41, 5.74) is 3.28. The predicted molar refractivity (Wildman–Crippen MR) is 112 cm³/mol. The number of ether oxygens (including phenoxy) is 1. The number of hydrogen-bond donors (Lipinski definition) is 2. The van der Waals surface area contributed by atoms with E-state index in [-0.39, 0.29) is 18.1 Å². The van der Waals surface area contributed by atoms with Crippen molar-refractivity contribution in [3.05, 3.63) is 83.3 Å². The van der Waals surface area contributed by atoms with Crippen LogP contribution in [0.1, 0.15) is 30.0 Å². The van der Waals surface area contributed by atoms with Gasteiger partial charge in [0, 0.05) is 18.9 Å². The zero-order valence-electron chi connectivity index (χ0n) is 15.7. The Bertz CT molecular complexity index is 904. The molecule has 0 amide bonds. The van der Waals surface area contributed by atoms with Gasteiger partial charge in [0.1, 0.15) is 11.3 Å². The number of nitrogens with zero attached hydrogens (tertiary/aromatic N) is 2. The van der Waals surface area contributed by atoms with Gasteiger partial charge in [-0.2, -0.15) is 0 Å². The first-order valence-electron chi connectivity index (χ1n) is 9.46. The van der Waals surface area contributed by atoms with E-state index in [9.17, 15) is 0 Å². The zero-order chi connectivity index (χ0) is 19.3. The van der Waals surface area contributed by atoms with E-state index in [2.05, 4.69) is 51.8 Å². The molecule has 0 bridgehead atoms. The maximum absolute atomic E-state index is 6.24. The zero-order valence-corrected chi connectivity index (χ0v) is 16.4. The fourth-order valence-electron chi connectivity index (χ4n) is 3.43. The Labute approximate surface area is 170 Å². The van der Waals surface area contributed by atoms with E-state index < -0.39 is 0 Å². The van der Waals surface area contributed by atoms with E-state index in [1.54, 1.807) is 6.20 Å². The summed E-state index contributed by atoms with van der Waals surface area (Å²) in [5.74, 6) is 0.939. The number of nitrogens with one attached hydrogen (secondary N) is 2. The summed E-state index contributed by atoms with van der Waals surface area (Å²) >= 11 is 5.91. The van der Waals surface area contributed by atoms with E-state index >= 15 is 0 Å². The minimum absolute atomic E-state index is 0.0339. The molecule has 5 nitrogen and oxygen atoms in total. The Balaban J connectivity index is 1.51. The summed E-state index contributed by atoms with van der Waals surface area (Å²) in [4.78, 5) is 8.56. The second-order valence-corrected chi connectivity index (χ2v) is 7.39. The lowest BCUT2D eigenvalue weighted by molar-refractivity contribution is 0.149. The highest BCUT2D eigenvalue weighted by Crippen LogP contribution is 2.31. The van der Waals surface area contributed by atoms with Gasteiger partial charge < -0.3 is 15.4 Å². The van der Waals surface area contributed by atoms with Crippen molar-refractivity contribution in [2.75, 3.05) is 18.4 Å². The fourth-order valence-corrected chi connectivity index (χ4v) is 3.54. The third-order valence-corrected chi connectivity index (χ3v) is 5.25. The second kappa shape index (κ2) is 8.59. The van der Waals surface area contributed by atoms with Crippen LogP contribution in [-0.4, -0.2) is 29.2 Å². The molecule has 1 aliphatic heterocycles. The van der Waals surface area contributed by atoms with Crippen LogP contribution in [0.15, 0.2) is 67.0 Å². The molecule has 3 atom stereocenters. The second-order valence-electron chi connectivity index (χ2n) is 7.01. The van der Waals surface area contributed by atoms with Crippen LogP contribution in [0.5, 0.6) is 5.88 Å². The summed E-state index contributed by atoms with van der Waals surface area (Å²) in [6.45, 7) is 3.68. The Morgan fingerprint density at radius 2 is 1.96 bits per heavy atom. The standard InChI is InChI=1S/C22H23ClN4O/c1-15(17-9-10-20(23)26-13-17)12-27-21(16-6-3-2-4-7-16)19-14-25-18-8-5-11-24-22(18)28-19/h2-11,13,15,19,21,25,27H,12,14H2,1H3/t15-,19+,21-/m1/s1. The molecule has 1 aliphatic rings. The summed E-state index contributed by atoms with van der Waals surface area (Å²) in [7, 11) is 0. The van der Waals surface area contributed by atoms with E-state index in [4.69, 9.17) is 16.3 Å². The van der Waals surface area contributed by atoms with Gasteiger partial charge in [-0.1, -0.05) is 54.9 Å². The molecule has 144 valence electrons. The van der Waals surface area contributed by atoms with Crippen molar-refractivity contribution < 1.29 is 4.74 Å². The predicted octanol–water partition coefficient (Wildman–Crippen LogP) is 4.44. The number of anilines is 1. The first-order valence-corrected chi connectivity index (χ1v) is 9.84. The number of aromatic nitrogens is 2. The number of pyridine rings is 2. The lowest BCUT2D eigenvalue weighted by Gasteiger charge is -2.33. The molecule has 0 spiro atoms. The van der Waals surface area contributed by atoms with E-state index in [1.165, 1.54) is 5.56 Å². The fraction of sp³-hybridized carbons (Fsp3) is 0.273. The van der Waals surface area contributed by atoms with Gasteiger partial charge in [-0.25, -0.2) is 9.97 Å². The van der Waals surface area contributed by atoms with Crippen molar-refractivity contribution in [3.8, 4) is 5.88 Å². The Morgan fingerprint density at radius 3 is 2.75 bits per heavy atom. The van der Waals surface area contributed by atoms with Gasteiger partial charge in [0.15, 0.2) is 0 Å². The molecular weight excluding hydrogens is 372 g/mol. The summed E-state index contributed by atoms with van der Waals surface area (Å²) in [6.07, 6.45) is 3.52. The number of rotatable bonds is 6. The van der Waals surface area contributed by atoms with Gasteiger partial charge in [-0.15, -0.1) is 0 Å². The largest absolute Gasteiger partial charge is 0.469 e. The van der Waals surface area contributed by atoms with Gasteiger partial charge in [0.05, 0.1) is 18.3 Å². The summed E-state index contributed by atoms with van der Waals surface area (Å²) < 4.78 is 6.24. The van der Waals surface area contributed by atoms with Crippen molar-refractivity contribution >= 4 is 17.3 Å². The van der Waals surface area contributed by atoms with Gasteiger partial charge in [-0.3, -0.25) is 0 Å². The maximum atomic E-state index is 6.24. The highest BCUT2D eigenvalue weighted by atomic mass is 35.5. The minimum Gasteiger partial charge on any atom is -0.469 e. The summed E-state index contributed by atoms with van der Waals surface area (Å²) in [5, 5.41) is 7.65. The van der Waals surface area contributed by atoms with E-state index in [0.717, 1.165) is 17.8 Å². The highest BCUT2D eigenvalue weighted by molar-refractivity contribution is 6.29. The van der Waals surface area contributed by atoms with E-state index in [0.29, 0.717) is 17.6 Å². The van der Waals surface area contributed by atoms with Crippen LogP contribution in [0.3, 0.4) is 0 Å². The van der Waals surface area contributed by atoms with Crippen LogP contribution in [0.2, 0.25) is 5.15 Å². The van der Waals surface area contributed by atoms with Gasteiger partial charge in [0.25, 0.3) is 0 Å². The number of benzene rings is 1. The highest BCUT2D eigenvalue weighted by Gasteiger charge is 2.29. The molecule has 0 saturated carbocycles. The quantitative estimate of drug-likeness (QED) is 0.605. The molecule has 0 aliphatic carbocycles. The van der Waals surface area contributed by atoms with E-state index in [1.807, 2.05) is 36.5 Å². The van der Waals surface area contributed by atoms with Crippen molar-refractivity contribution in [3.63, 3.8) is 0 Å². The molecule has 2 aromatic heterocycles. The molecule has 0 radical (unpaired) electrons. The Kier molecular flexibility index (Phi) is 5.74. The van der Waals surface area contributed by atoms with Crippen molar-refractivity contribution in [2.24, 2.45) is 0 Å². The van der Waals surface area contributed by atoms with Crippen LogP contribution in [0.25, 0.3) is 0 Å². The third-order valence-electron chi connectivity index (χ3n) is 5.02. The molecule has 0 saturated heterocycles. The lowest BCUT2D eigenvalue weighted by atomic mass is 9.98. The SMILES string of the molecule is C[C@H](CN[C@H](c1ccccc1)[C@@H]1CNc2cccnc2O1)c1ccc(Cl)nc1. The molecule has 3 heterocycles. The minimum atomic E-state index is -0.0691. The van der Waals surface area contributed by atoms with Crippen LogP contribution in [-0.2, 0) is 0 Å². The van der Waals surface area contributed by atoms with Crippen LogP contribution < -0.4 is 15.4 Å². The lowest BCUT2D eigenvalue weighted by Crippen LogP contribution is -2.43.